The minimum Gasteiger partial charge on any atom is -0.360 e. The Morgan fingerprint density at radius 1 is 1.24 bits per heavy atom. The average Bonchev–Trinajstić information content (AvgIpc) is 2.88. The van der Waals surface area contributed by atoms with Crippen LogP contribution in [0.1, 0.15) is 11.1 Å². The first kappa shape index (κ1) is 13.9. The van der Waals surface area contributed by atoms with Gasteiger partial charge in [0.15, 0.2) is 5.15 Å². The lowest BCUT2D eigenvalue weighted by Gasteiger charge is -2.18. The lowest BCUT2D eigenvalue weighted by Crippen LogP contribution is -2.16. The molecular weight excluding hydrogens is 302 g/mol. The van der Waals surface area contributed by atoms with Crippen LogP contribution in [0, 0.1) is 11.3 Å². The van der Waals surface area contributed by atoms with Gasteiger partial charge in [-0.1, -0.05) is 54.1 Å². The molecule has 0 aliphatic heterocycles. The van der Waals surface area contributed by atoms with E-state index in [9.17, 15) is 5.26 Å². The molecule has 0 saturated carbocycles. The number of anilines is 1. The van der Waals surface area contributed by atoms with Crippen LogP contribution in [0.5, 0.6) is 0 Å². The molecule has 21 heavy (non-hydrogen) atoms. The second-order valence-electron chi connectivity index (χ2n) is 4.76. The molecule has 0 saturated heterocycles. The third kappa shape index (κ3) is 2.58. The molecule has 0 bridgehead atoms. The molecular formula is C16H12ClN3S. The third-order valence-corrected chi connectivity index (χ3v) is 4.71. The summed E-state index contributed by atoms with van der Waals surface area (Å²) in [5.41, 5.74) is 1.66. The Morgan fingerprint density at radius 3 is 2.81 bits per heavy atom. The number of rotatable bonds is 3. The van der Waals surface area contributed by atoms with Gasteiger partial charge in [-0.15, -0.1) is 0 Å². The Balaban J connectivity index is 1.97. The van der Waals surface area contributed by atoms with Gasteiger partial charge in [-0.2, -0.15) is 9.64 Å². The summed E-state index contributed by atoms with van der Waals surface area (Å²) in [7, 11) is 1.95. The summed E-state index contributed by atoms with van der Waals surface area (Å²) < 4.78 is 4.06. The van der Waals surface area contributed by atoms with E-state index in [0.717, 1.165) is 5.00 Å². The molecule has 0 spiro atoms. The zero-order valence-electron chi connectivity index (χ0n) is 11.4. The molecule has 0 atom stereocenters. The molecule has 0 amide bonds. The smallest absolute Gasteiger partial charge is 0.162 e. The first-order valence-corrected chi connectivity index (χ1v) is 7.59. The van der Waals surface area contributed by atoms with Crippen molar-refractivity contribution < 1.29 is 0 Å². The highest BCUT2D eigenvalue weighted by molar-refractivity contribution is 7.10. The Hall–Kier alpha value is -2.09. The molecule has 1 aromatic heterocycles. The molecule has 0 unspecified atom stereocenters. The molecule has 3 rings (SSSR count). The molecule has 5 heteroatoms. The van der Waals surface area contributed by atoms with Gasteiger partial charge in [-0.3, -0.25) is 0 Å². The van der Waals surface area contributed by atoms with Crippen LogP contribution in [0.2, 0.25) is 5.15 Å². The van der Waals surface area contributed by atoms with Gasteiger partial charge in [-0.05, 0) is 27.9 Å². The number of hydrogen-bond donors (Lipinski definition) is 0. The van der Waals surface area contributed by atoms with Crippen molar-refractivity contribution >= 4 is 38.9 Å². The second kappa shape index (κ2) is 5.72. The van der Waals surface area contributed by atoms with Gasteiger partial charge in [0.1, 0.15) is 16.6 Å². The van der Waals surface area contributed by atoms with Crippen LogP contribution in [0.25, 0.3) is 10.8 Å². The first-order valence-electron chi connectivity index (χ1n) is 6.43. The molecule has 1 heterocycles. The van der Waals surface area contributed by atoms with Crippen molar-refractivity contribution in [3.8, 4) is 6.07 Å². The minimum atomic E-state index is 0.280. The Morgan fingerprint density at radius 2 is 2.00 bits per heavy atom. The number of aromatic nitrogens is 1. The maximum absolute atomic E-state index is 9.18. The SMILES string of the molecule is CN(Cc1cccc2ccccc12)c1snc(Cl)c1C#N. The number of hydrogen-bond acceptors (Lipinski definition) is 4. The van der Waals surface area contributed by atoms with Crippen LogP contribution in [0.15, 0.2) is 42.5 Å². The maximum atomic E-state index is 9.18. The summed E-state index contributed by atoms with van der Waals surface area (Å²) in [6.07, 6.45) is 0. The van der Waals surface area contributed by atoms with E-state index < -0.39 is 0 Å². The molecule has 0 radical (unpaired) electrons. The third-order valence-electron chi connectivity index (χ3n) is 3.38. The number of fused-ring (bicyclic) bond motifs is 1. The molecule has 0 N–H and O–H groups in total. The van der Waals surface area contributed by atoms with Crippen LogP contribution in [0.4, 0.5) is 5.00 Å². The molecule has 0 fully saturated rings. The van der Waals surface area contributed by atoms with Crippen molar-refractivity contribution in [3.05, 3.63) is 58.7 Å². The molecule has 3 nitrogen and oxygen atoms in total. The predicted octanol–water partition coefficient (Wildman–Crippen LogP) is 4.46. The molecule has 0 aliphatic carbocycles. The fourth-order valence-corrected chi connectivity index (χ4v) is 3.36. The van der Waals surface area contributed by atoms with Gasteiger partial charge in [0, 0.05) is 13.6 Å². The van der Waals surface area contributed by atoms with Crippen molar-refractivity contribution in [2.75, 3.05) is 11.9 Å². The first-order chi connectivity index (χ1) is 10.2. The highest BCUT2D eigenvalue weighted by Gasteiger charge is 2.16. The van der Waals surface area contributed by atoms with Gasteiger partial charge in [-0.25, -0.2) is 0 Å². The lowest BCUT2D eigenvalue weighted by molar-refractivity contribution is 0.941. The number of halogens is 1. The predicted molar refractivity (Wildman–Crippen MR) is 87.9 cm³/mol. The fraction of sp³-hybridized carbons (Fsp3) is 0.125. The van der Waals surface area contributed by atoms with Crippen molar-refractivity contribution in [1.82, 2.24) is 4.37 Å². The topological polar surface area (TPSA) is 39.9 Å². The van der Waals surface area contributed by atoms with Crippen LogP contribution in [-0.2, 0) is 6.54 Å². The van der Waals surface area contributed by atoms with Crippen molar-refractivity contribution in [3.63, 3.8) is 0 Å². The van der Waals surface area contributed by atoms with E-state index in [0.29, 0.717) is 12.1 Å². The average molecular weight is 314 g/mol. The quantitative estimate of drug-likeness (QED) is 0.717. The van der Waals surface area contributed by atoms with Crippen molar-refractivity contribution in [2.45, 2.75) is 6.54 Å². The van der Waals surface area contributed by atoms with E-state index in [1.54, 1.807) is 0 Å². The van der Waals surface area contributed by atoms with E-state index in [1.807, 2.05) is 24.1 Å². The summed E-state index contributed by atoms with van der Waals surface area (Å²) in [5.74, 6) is 0. The van der Waals surface area contributed by atoms with E-state index in [2.05, 4.69) is 40.8 Å². The number of benzene rings is 2. The maximum Gasteiger partial charge on any atom is 0.162 e. The van der Waals surface area contributed by atoms with E-state index in [4.69, 9.17) is 11.6 Å². The zero-order chi connectivity index (χ0) is 14.8. The summed E-state index contributed by atoms with van der Waals surface area (Å²) >= 11 is 7.19. The van der Waals surface area contributed by atoms with E-state index >= 15 is 0 Å². The van der Waals surface area contributed by atoms with Crippen molar-refractivity contribution in [2.24, 2.45) is 0 Å². The van der Waals surface area contributed by atoms with Crippen LogP contribution in [0.3, 0.4) is 0 Å². The van der Waals surface area contributed by atoms with Crippen molar-refractivity contribution in [1.29, 1.82) is 5.26 Å². The summed E-state index contributed by atoms with van der Waals surface area (Å²) in [6, 6.07) is 16.7. The molecule has 104 valence electrons. The van der Waals surface area contributed by atoms with Crippen LogP contribution in [-0.4, -0.2) is 11.4 Å². The molecule has 0 aliphatic rings. The lowest BCUT2D eigenvalue weighted by atomic mass is 10.0. The summed E-state index contributed by atoms with van der Waals surface area (Å²) in [5, 5.41) is 12.7. The highest BCUT2D eigenvalue weighted by atomic mass is 35.5. The largest absolute Gasteiger partial charge is 0.360 e. The highest BCUT2D eigenvalue weighted by Crippen LogP contribution is 2.32. The number of nitrogens with zero attached hydrogens (tertiary/aromatic N) is 3. The van der Waals surface area contributed by atoms with E-state index in [1.165, 1.54) is 27.9 Å². The Kier molecular flexibility index (Phi) is 3.78. The molecule has 2 aromatic carbocycles. The van der Waals surface area contributed by atoms with Crippen LogP contribution < -0.4 is 4.90 Å². The Bertz CT molecular complexity index is 830. The summed E-state index contributed by atoms with van der Waals surface area (Å²) in [4.78, 5) is 2.02. The Labute approximate surface area is 132 Å². The van der Waals surface area contributed by atoms with Gasteiger partial charge >= 0.3 is 0 Å². The zero-order valence-corrected chi connectivity index (χ0v) is 12.9. The standard InChI is InChI=1S/C16H12ClN3S/c1-20(16-14(9-18)15(17)19-21-16)10-12-7-4-6-11-5-2-3-8-13(11)12/h2-8H,10H2,1H3. The van der Waals surface area contributed by atoms with E-state index in [-0.39, 0.29) is 5.15 Å². The van der Waals surface area contributed by atoms with Gasteiger partial charge < -0.3 is 4.90 Å². The van der Waals surface area contributed by atoms with Gasteiger partial charge in [0.05, 0.1) is 0 Å². The number of nitriles is 1. The van der Waals surface area contributed by atoms with Gasteiger partial charge in [0.2, 0.25) is 0 Å². The fourth-order valence-electron chi connectivity index (χ4n) is 2.38. The van der Waals surface area contributed by atoms with Gasteiger partial charge in [0.25, 0.3) is 0 Å². The minimum absolute atomic E-state index is 0.280. The monoisotopic (exact) mass is 313 g/mol. The normalized spacial score (nSPS) is 10.5. The molecule has 3 aromatic rings. The summed E-state index contributed by atoms with van der Waals surface area (Å²) in [6.45, 7) is 0.703. The van der Waals surface area contributed by atoms with Crippen LogP contribution >= 0.6 is 23.1 Å². The second-order valence-corrected chi connectivity index (χ2v) is 5.87.